The number of amides is 1. The third-order valence-electron chi connectivity index (χ3n) is 7.89. The minimum atomic E-state index is 0.0103. The summed E-state index contributed by atoms with van der Waals surface area (Å²) in [6.45, 7) is 8.74. The van der Waals surface area contributed by atoms with Crippen LogP contribution in [0.3, 0.4) is 0 Å². The fourth-order valence-corrected chi connectivity index (χ4v) is 5.69. The molecule has 2 aromatic rings. The number of likely N-dealkylation sites (tertiary alicyclic amines) is 1. The molecule has 1 amide bonds. The first-order valence-corrected chi connectivity index (χ1v) is 13.7. The smallest absolute Gasteiger partial charge is 0.224 e. The Morgan fingerprint density at radius 1 is 0.889 bits per heavy atom. The summed E-state index contributed by atoms with van der Waals surface area (Å²) in [5.41, 5.74) is 1.45. The van der Waals surface area contributed by atoms with Crippen LogP contribution >= 0.6 is 0 Å². The van der Waals surface area contributed by atoms with Crippen LogP contribution in [-0.2, 0) is 16.0 Å². The van der Waals surface area contributed by atoms with Crippen LogP contribution in [0.25, 0.3) is 0 Å². The number of benzene rings is 1. The molecule has 8 heteroatoms. The van der Waals surface area contributed by atoms with Crippen molar-refractivity contribution in [1.82, 2.24) is 20.4 Å². The van der Waals surface area contributed by atoms with Gasteiger partial charge in [0.05, 0.1) is 19.1 Å². The topological polar surface area (TPSA) is 73.8 Å². The maximum atomic E-state index is 12.9. The second-order valence-electron chi connectivity index (χ2n) is 10.4. The monoisotopic (exact) mass is 492 g/mol. The summed E-state index contributed by atoms with van der Waals surface area (Å²) in [7, 11) is 0. The molecule has 36 heavy (non-hydrogen) atoms. The van der Waals surface area contributed by atoms with E-state index in [4.69, 9.17) is 4.74 Å². The van der Waals surface area contributed by atoms with E-state index in [1.165, 1.54) is 24.8 Å². The van der Waals surface area contributed by atoms with E-state index in [2.05, 4.69) is 60.5 Å². The van der Waals surface area contributed by atoms with Gasteiger partial charge in [-0.2, -0.15) is 0 Å². The summed E-state index contributed by atoms with van der Waals surface area (Å²) in [6, 6.07) is 14.9. The molecule has 3 aliphatic heterocycles. The lowest BCUT2D eigenvalue weighted by Gasteiger charge is -2.34. The van der Waals surface area contributed by atoms with E-state index >= 15 is 0 Å². The SMILES string of the molecule is O=C(NCCN1CCC(Cc2ccccc2)CC1)C1CCCN(c2ccc(N3CCOCC3)nn2)C1. The van der Waals surface area contributed by atoms with Crippen molar-refractivity contribution in [2.24, 2.45) is 11.8 Å². The Kier molecular flexibility index (Phi) is 8.67. The number of morpholine rings is 1. The summed E-state index contributed by atoms with van der Waals surface area (Å²) >= 11 is 0. The molecule has 8 nitrogen and oxygen atoms in total. The number of hydrogen-bond donors (Lipinski definition) is 1. The van der Waals surface area contributed by atoms with Gasteiger partial charge in [0.15, 0.2) is 11.6 Å². The molecule has 1 aromatic carbocycles. The Bertz CT molecular complexity index is 942. The number of anilines is 2. The molecule has 5 rings (SSSR count). The molecular weight excluding hydrogens is 452 g/mol. The van der Waals surface area contributed by atoms with Gasteiger partial charge in [0.1, 0.15) is 0 Å². The highest BCUT2D eigenvalue weighted by Crippen LogP contribution is 2.24. The molecular formula is C28H40N6O2. The molecule has 3 saturated heterocycles. The quantitative estimate of drug-likeness (QED) is 0.607. The normalized spacial score (nSPS) is 21.9. The number of nitrogens with zero attached hydrogens (tertiary/aromatic N) is 5. The number of aromatic nitrogens is 2. The highest BCUT2D eigenvalue weighted by Gasteiger charge is 2.27. The zero-order valence-electron chi connectivity index (χ0n) is 21.4. The van der Waals surface area contributed by atoms with Crippen molar-refractivity contribution in [2.45, 2.75) is 32.1 Å². The van der Waals surface area contributed by atoms with Crippen molar-refractivity contribution in [2.75, 3.05) is 75.4 Å². The number of piperidine rings is 2. The van der Waals surface area contributed by atoms with Gasteiger partial charge in [-0.15, -0.1) is 10.2 Å². The molecule has 3 aliphatic rings. The van der Waals surface area contributed by atoms with E-state index < -0.39 is 0 Å². The van der Waals surface area contributed by atoms with Crippen molar-refractivity contribution >= 4 is 17.5 Å². The molecule has 1 atom stereocenters. The summed E-state index contributed by atoms with van der Waals surface area (Å²) in [5.74, 6) is 2.73. The second kappa shape index (κ2) is 12.5. The Balaban J connectivity index is 1.02. The van der Waals surface area contributed by atoms with Crippen molar-refractivity contribution in [3.05, 3.63) is 48.0 Å². The van der Waals surface area contributed by atoms with Crippen LogP contribution in [0, 0.1) is 11.8 Å². The van der Waals surface area contributed by atoms with E-state index in [9.17, 15) is 4.79 Å². The summed E-state index contributed by atoms with van der Waals surface area (Å²) in [4.78, 5) is 19.8. The number of carbonyl (C=O) groups is 1. The van der Waals surface area contributed by atoms with Crippen LogP contribution in [0.1, 0.15) is 31.2 Å². The van der Waals surface area contributed by atoms with Crippen molar-refractivity contribution in [3.8, 4) is 0 Å². The summed E-state index contributed by atoms with van der Waals surface area (Å²) in [6.07, 6.45) is 5.61. The molecule has 3 fully saturated rings. The predicted octanol–water partition coefficient (Wildman–Crippen LogP) is 2.60. The third-order valence-corrected chi connectivity index (χ3v) is 7.89. The van der Waals surface area contributed by atoms with Crippen LogP contribution in [0.5, 0.6) is 0 Å². The van der Waals surface area contributed by atoms with Gasteiger partial charge in [-0.05, 0) is 68.8 Å². The van der Waals surface area contributed by atoms with E-state index in [1.54, 1.807) is 0 Å². The first kappa shape index (κ1) is 25.0. The van der Waals surface area contributed by atoms with Crippen LogP contribution in [0.2, 0.25) is 0 Å². The minimum Gasteiger partial charge on any atom is -0.378 e. The Labute approximate surface area is 215 Å². The molecule has 4 heterocycles. The second-order valence-corrected chi connectivity index (χ2v) is 10.4. The molecule has 0 spiro atoms. The van der Waals surface area contributed by atoms with Gasteiger partial charge in [0, 0.05) is 39.3 Å². The van der Waals surface area contributed by atoms with E-state index in [0.717, 1.165) is 89.4 Å². The van der Waals surface area contributed by atoms with Gasteiger partial charge >= 0.3 is 0 Å². The Hall–Kier alpha value is -2.71. The van der Waals surface area contributed by atoms with Crippen molar-refractivity contribution in [1.29, 1.82) is 0 Å². The number of carbonyl (C=O) groups excluding carboxylic acids is 1. The lowest BCUT2D eigenvalue weighted by atomic mass is 9.90. The minimum absolute atomic E-state index is 0.0103. The van der Waals surface area contributed by atoms with Gasteiger partial charge in [0.25, 0.3) is 0 Å². The number of ether oxygens (including phenoxy) is 1. The number of hydrogen-bond acceptors (Lipinski definition) is 7. The molecule has 194 valence electrons. The molecule has 1 unspecified atom stereocenters. The van der Waals surface area contributed by atoms with Gasteiger partial charge in [0.2, 0.25) is 5.91 Å². The maximum Gasteiger partial charge on any atom is 0.224 e. The number of rotatable bonds is 8. The number of nitrogens with one attached hydrogen (secondary N) is 1. The van der Waals surface area contributed by atoms with Gasteiger partial charge in [-0.25, -0.2) is 0 Å². The third kappa shape index (κ3) is 6.73. The zero-order valence-corrected chi connectivity index (χ0v) is 21.4. The van der Waals surface area contributed by atoms with E-state index in [1.807, 2.05) is 12.1 Å². The van der Waals surface area contributed by atoms with Crippen LogP contribution < -0.4 is 15.1 Å². The zero-order chi connectivity index (χ0) is 24.6. The Morgan fingerprint density at radius 3 is 2.33 bits per heavy atom. The molecule has 1 aromatic heterocycles. The molecule has 0 aliphatic carbocycles. The lowest BCUT2D eigenvalue weighted by molar-refractivity contribution is -0.125. The van der Waals surface area contributed by atoms with Gasteiger partial charge < -0.3 is 24.8 Å². The predicted molar refractivity (Wildman–Crippen MR) is 142 cm³/mol. The average molecular weight is 493 g/mol. The molecule has 0 saturated carbocycles. The van der Waals surface area contributed by atoms with Crippen LogP contribution in [0.15, 0.2) is 42.5 Å². The van der Waals surface area contributed by atoms with Gasteiger partial charge in [-0.1, -0.05) is 30.3 Å². The van der Waals surface area contributed by atoms with Gasteiger partial charge in [-0.3, -0.25) is 4.79 Å². The highest BCUT2D eigenvalue weighted by atomic mass is 16.5. The van der Waals surface area contributed by atoms with Crippen LogP contribution in [0.4, 0.5) is 11.6 Å². The molecule has 1 N–H and O–H groups in total. The summed E-state index contributed by atoms with van der Waals surface area (Å²) < 4.78 is 5.42. The fourth-order valence-electron chi connectivity index (χ4n) is 5.69. The van der Waals surface area contributed by atoms with Crippen LogP contribution in [-0.4, -0.2) is 86.6 Å². The first-order chi connectivity index (χ1) is 17.7. The average Bonchev–Trinajstić information content (AvgIpc) is 2.95. The summed E-state index contributed by atoms with van der Waals surface area (Å²) in [5, 5.41) is 12.1. The van der Waals surface area contributed by atoms with E-state index in [-0.39, 0.29) is 11.8 Å². The van der Waals surface area contributed by atoms with Crippen molar-refractivity contribution < 1.29 is 9.53 Å². The highest BCUT2D eigenvalue weighted by molar-refractivity contribution is 5.79. The fraction of sp³-hybridized carbons (Fsp3) is 0.607. The van der Waals surface area contributed by atoms with E-state index in [0.29, 0.717) is 6.54 Å². The largest absolute Gasteiger partial charge is 0.378 e. The maximum absolute atomic E-state index is 12.9. The molecule has 0 bridgehead atoms. The first-order valence-electron chi connectivity index (χ1n) is 13.7. The Morgan fingerprint density at radius 2 is 1.61 bits per heavy atom. The molecule has 0 radical (unpaired) electrons. The standard InChI is InChI=1S/C28H40N6O2/c35-28(29-12-16-32-14-10-24(11-15-32)21-23-5-2-1-3-6-23)25-7-4-13-34(22-25)27-9-8-26(30-31-27)33-17-19-36-20-18-33/h1-3,5-6,8-9,24-25H,4,7,10-22H2,(H,29,35). The lowest BCUT2D eigenvalue weighted by Crippen LogP contribution is -2.45. The van der Waals surface area contributed by atoms with Crippen molar-refractivity contribution in [3.63, 3.8) is 0 Å².